The number of sulfonamides is 1. The van der Waals surface area contributed by atoms with Crippen LogP contribution in [0.2, 0.25) is 0 Å². The van der Waals surface area contributed by atoms with E-state index in [4.69, 9.17) is 4.74 Å². The number of benzene rings is 2. The largest absolute Gasteiger partial charge is 0.491 e. The minimum atomic E-state index is -3.91. The SMILES string of the molecule is CCOc1ccc(NS(=O)(=O)c2cccc3nsnc23)cc1F. The van der Waals surface area contributed by atoms with Gasteiger partial charge in [0.2, 0.25) is 0 Å². The summed E-state index contributed by atoms with van der Waals surface area (Å²) in [6.45, 7) is 2.05. The molecule has 9 heteroatoms. The summed E-state index contributed by atoms with van der Waals surface area (Å²) in [5.41, 5.74) is 0.887. The minimum Gasteiger partial charge on any atom is -0.491 e. The maximum atomic E-state index is 13.8. The predicted molar refractivity (Wildman–Crippen MR) is 85.8 cm³/mol. The molecule has 0 unspecified atom stereocenters. The summed E-state index contributed by atoms with van der Waals surface area (Å²) in [4.78, 5) is -0.00181. The Balaban J connectivity index is 1.95. The van der Waals surface area contributed by atoms with Gasteiger partial charge in [0.15, 0.2) is 11.6 Å². The van der Waals surface area contributed by atoms with Crippen molar-refractivity contribution in [2.45, 2.75) is 11.8 Å². The van der Waals surface area contributed by atoms with Gasteiger partial charge in [-0.15, -0.1) is 0 Å². The molecule has 0 saturated carbocycles. The highest BCUT2D eigenvalue weighted by molar-refractivity contribution is 7.93. The number of hydrogen-bond donors (Lipinski definition) is 1. The van der Waals surface area contributed by atoms with Crippen LogP contribution in [-0.4, -0.2) is 23.8 Å². The average Bonchev–Trinajstić information content (AvgIpc) is 2.98. The summed E-state index contributed by atoms with van der Waals surface area (Å²) in [6.07, 6.45) is 0. The summed E-state index contributed by atoms with van der Waals surface area (Å²) in [5, 5.41) is 0. The van der Waals surface area contributed by atoms with Crippen LogP contribution in [-0.2, 0) is 10.0 Å². The van der Waals surface area contributed by atoms with Crippen molar-refractivity contribution in [3.63, 3.8) is 0 Å². The fourth-order valence-corrected chi connectivity index (χ4v) is 3.86. The number of hydrogen-bond acceptors (Lipinski definition) is 6. The highest BCUT2D eigenvalue weighted by Gasteiger charge is 2.20. The first-order valence-corrected chi connectivity index (χ1v) is 8.89. The Morgan fingerprint density at radius 3 is 2.83 bits per heavy atom. The fourth-order valence-electron chi connectivity index (χ4n) is 2.05. The molecule has 1 N–H and O–H groups in total. The summed E-state index contributed by atoms with van der Waals surface area (Å²) in [6, 6.07) is 8.57. The normalized spacial score (nSPS) is 11.6. The molecule has 0 atom stereocenters. The van der Waals surface area contributed by atoms with E-state index >= 15 is 0 Å². The number of halogens is 1. The highest BCUT2D eigenvalue weighted by atomic mass is 32.2. The third-order valence-corrected chi connectivity index (χ3v) is 4.98. The second-order valence-electron chi connectivity index (χ2n) is 4.57. The molecule has 6 nitrogen and oxygen atoms in total. The van der Waals surface area contributed by atoms with Crippen molar-refractivity contribution in [2.24, 2.45) is 0 Å². The molecule has 3 aromatic rings. The zero-order valence-corrected chi connectivity index (χ0v) is 13.6. The van der Waals surface area contributed by atoms with Crippen LogP contribution in [0, 0.1) is 5.82 Å². The summed E-state index contributed by atoms with van der Waals surface area (Å²) in [5.74, 6) is -0.568. The summed E-state index contributed by atoms with van der Waals surface area (Å²) < 4.78 is 54.3. The maximum absolute atomic E-state index is 13.8. The molecule has 3 rings (SSSR count). The van der Waals surface area contributed by atoms with Crippen LogP contribution in [0.15, 0.2) is 41.3 Å². The van der Waals surface area contributed by atoms with Crippen molar-refractivity contribution in [1.29, 1.82) is 0 Å². The predicted octanol–water partition coefficient (Wildman–Crippen LogP) is 3.03. The Kier molecular flexibility index (Phi) is 4.14. The van der Waals surface area contributed by atoms with Crippen LogP contribution in [0.1, 0.15) is 6.92 Å². The second-order valence-corrected chi connectivity index (χ2v) is 6.75. The van der Waals surface area contributed by atoms with E-state index in [1.165, 1.54) is 18.2 Å². The van der Waals surface area contributed by atoms with Crippen LogP contribution < -0.4 is 9.46 Å². The minimum absolute atomic E-state index is 0.00181. The van der Waals surface area contributed by atoms with Gasteiger partial charge in [-0.2, -0.15) is 8.75 Å². The van der Waals surface area contributed by atoms with Crippen molar-refractivity contribution in [1.82, 2.24) is 8.75 Å². The molecular weight excluding hydrogens is 341 g/mol. The molecule has 0 radical (unpaired) electrons. The van der Waals surface area contributed by atoms with E-state index < -0.39 is 15.8 Å². The fraction of sp³-hybridized carbons (Fsp3) is 0.143. The molecule has 0 amide bonds. The zero-order chi connectivity index (χ0) is 16.4. The first-order chi connectivity index (χ1) is 11.0. The third-order valence-electron chi connectivity index (χ3n) is 3.02. The van der Waals surface area contributed by atoms with Gasteiger partial charge < -0.3 is 4.74 Å². The number of fused-ring (bicyclic) bond motifs is 1. The summed E-state index contributed by atoms with van der Waals surface area (Å²) in [7, 11) is -3.91. The Labute approximate surface area is 136 Å². The quantitative estimate of drug-likeness (QED) is 0.762. The Morgan fingerprint density at radius 2 is 2.09 bits per heavy atom. The molecular formula is C14H12FN3O3S2. The number of aromatic nitrogens is 2. The number of nitrogens with zero attached hydrogens (tertiary/aromatic N) is 2. The van der Waals surface area contributed by atoms with E-state index in [2.05, 4.69) is 13.5 Å². The van der Waals surface area contributed by atoms with Crippen LogP contribution in [0.4, 0.5) is 10.1 Å². The Bertz CT molecular complexity index is 957. The van der Waals surface area contributed by atoms with Crippen LogP contribution in [0.3, 0.4) is 0 Å². The van der Waals surface area contributed by atoms with Crippen molar-refractivity contribution < 1.29 is 17.5 Å². The Morgan fingerprint density at radius 1 is 1.26 bits per heavy atom. The third kappa shape index (κ3) is 3.10. The first kappa shape index (κ1) is 15.6. The lowest BCUT2D eigenvalue weighted by Gasteiger charge is -2.10. The summed E-state index contributed by atoms with van der Waals surface area (Å²) >= 11 is 0.931. The number of nitrogens with one attached hydrogen (secondary N) is 1. The molecule has 2 aromatic carbocycles. The topological polar surface area (TPSA) is 81.2 Å². The van der Waals surface area contributed by atoms with Gasteiger partial charge in [-0.25, -0.2) is 12.8 Å². The van der Waals surface area contributed by atoms with Crippen molar-refractivity contribution >= 4 is 38.5 Å². The molecule has 1 heterocycles. The molecule has 0 spiro atoms. The van der Waals surface area contributed by atoms with E-state index in [0.717, 1.165) is 17.8 Å². The molecule has 0 fully saturated rings. The van der Waals surface area contributed by atoms with Crippen LogP contribution >= 0.6 is 11.7 Å². The van der Waals surface area contributed by atoms with Gasteiger partial charge in [0.1, 0.15) is 15.9 Å². The number of ether oxygens (including phenoxy) is 1. The van der Waals surface area contributed by atoms with E-state index in [1.807, 2.05) is 0 Å². The lowest BCUT2D eigenvalue weighted by molar-refractivity contribution is 0.321. The highest BCUT2D eigenvalue weighted by Crippen LogP contribution is 2.26. The van der Waals surface area contributed by atoms with Crippen molar-refractivity contribution in [2.75, 3.05) is 11.3 Å². The zero-order valence-electron chi connectivity index (χ0n) is 12.0. The smallest absolute Gasteiger partial charge is 0.264 e. The van der Waals surface area contributed by atoms with Gasteiger partial charge in [0, 0.05) is 6.07 Å². The van der Waals surface area contributed by atoms with Crippen molar-refractivity contribution in [3.05, 3.63) is 42.2 Å². The molecule has 0 saturated heterocycles. The number of rotatable bonds is 5. The van der Waals surface area contributed by atoms with Gasteiger partial charge in [0.25, 0.3) is 10.0 Å². The van der Waals surface area contributed by atoms with E-state index in [1.54, 1.807) is 19.1 Å². The van der Waals surface area contributed by atoms with Crippen molar-refractivity contribution in [3.8, 4) is 5.75 Å². The average molecular weight is 353 g/mol. The lowest BCUT2D eigenvalue weighted by Crippen LogP contribution is -2.13. The molecule has 0 aliphatic carbocycles. The van der Waals surface area contributed by atoms with Gasteiger partial charge in [-0.1, -0.05) is 6.07 Å². The van der Waals surface area contributed by atoms with E-state index in [-0.39, 0.29) is 21.8 Å². The molecule has 23 heavy (non-hydrogen) atoms. The molecule has 1 aromatic heterocycles. The lowest BCUT2D eigenvalue weighted by atomic mass is 10.3. The van der Waals surface area contributed by atoms with Gasteiger partial charge in [-0.05, 0) is 31.2 Å². The standard InChI is InChI=1S/C14H12FN3O3S2/c1-2-21-12-7-6-9(8-10(12)15)18-23(19,20)13-5-3-4-11-14(13)17-22-16-11/h3-8,18H,2H2,1H3. The van der Waals surface area contributed by atoms with Crippen LogP contribution in [0.25, 0.3) is 11.0 Å². The second kappa shape index (κ2) is 6.09. The van der Waals surface area contributed by atoms with E-state index in [0.29, 0.717) is 12.1 Å². The maximum Gasteiger partial charge on any atom is 0.264 e. The number of anilines is 1. The van der Waals surface area contributed by atoms with E-state index in [9.17, 15) is 12.8 Å². The Hall–Kier alpha value is -2.26. The van der Waals surface area contributed by atoms with Gasteiger partial charge in [-0.3, -0.25) is 4.72 Å². The molecule has 0 aliphatic rings. The monoisotopic (exact) mass is 353 g/mol. The van der Waals surface area contributed by atoms with Crippen LogP contribution in [0.5, 0.6) is 5.75 Å². The first-order valence-electron chi connectivity index (χ1n) is 6.67. The van der Waals surface area contributed by atoms with Gasteiger partial charge in [0.05, 0.1) is 24.0 Å². The molecule has 0 aliphatic heterocycles. The molecule has 0 bridgehead atoms. The molecule has 120 valence electrons. The van der Waals surface area contributed by atoms with Gasteiger partial charge >= 0.3 is 0 Å².